The smallest absolute Gasteiger partial charge is 0.141 e. The minimum Gasteiger partial charge on any atom is -0.456 e. The molecule has 0 aliphatic heterocycles. The molecule has 1 atom stereocenters. The van der Waals surface area contributed by atoms with Crippen LogP contribution in [0.15, 0.2) is 49.8 Å². The molecule has 2 rings (SSSR count). The van der Waals surface area contributed by atoms with E-state index in [0.29, 0.717) is 0 Å². The summed E-state index contributed by atoms with van der Waals surface area (Å²) in [4.78, 5) is 0. The Balaban J connectivity index is 2.26. The summed E-state index contributed by atoms with van der Waals surface area (Å²) >= 11 is 10.4. The molecule has 0 saturated carbocycles. The Hall–Kier alpha value is -0.360. The van der Waals surface area contributed by atoms with Gasteiger partial charge in [0.1, 0.15) is 11.5 Å². The van der Waals surface area contributed by atoms with Crippen LogP contribution < -0.4 is 10.5 Å². The molecule has 0 saturated heterocycles. The maximum atomic E-state index is 5.87. The lowest BCUT2D eigenvalue weighted by Gasteiger charge is -2.12. The zero-order valence-corrected chi connectivity index (χ0v) is 14.9. The molecular weight excluding hydrogens is 438 g/mol. The number of nitrogens with two attached hydrogens (primary N) is 1. The van der Waals surface area contributed by atoms with E-state index in [4.69, 9.17) is 10.5 Å². The molecule has 19 heavy (non-hydrogen) atoms. The number of hydrogen-bond acceptors (Lipinski definition) is 2. The van der Waals surface area contributed by atoms with E-state index in [2.05, 4.69) is 47.8 Å². The molecular formula is C14H12Br3NO. The molecule has 2 aromatic rings. The molecule has 0 spiro atoms. The van der Waals surface area contributed by atoms with Gasteiger partial charge >= 0.3 is 0 Å². The first-order valence-corrected chi connectivity index (χ1v) is 8.03. The fourth-order valence-corrected chi connectivity index (χ4v) is 3.47. The van der Waals surface area contributed by atoms with E-state index < -0.39 is 0 Å². The van der Waals surface area contributed by atoms with Gasteiger partial charge in [-0.15, -0.1) is 0 Å². The Morgan fingerprint density at radius 1 is 1.00 bits per heavy atom. The topological polar surface area (TPSA) is 35.2 Å². The second-order valence-corrected chi connectivity index (χ2v) is 6.77. The van der Waals surface area contributed by atoms with Crippen LogP contribution in [0.2, 0.25) is 0 Å². The van der Waals surface area contributed by atoms with Crippen molar-refractivity contribution in [3.63, 3.8) is 0 Å². The van der Waals surface area contributed by atoms with Crippen LogP contribution in [0.1, 0.15) is 18.5 Å². The fourth-order valence-electron chi connectivity index (χ4n) is 1.63. The van der Waals surface area contributed by atoms with Crippen molar-refractivity contribution in [2.24, 2.45) is 5.73 Å². The summed E-state index contributed by atoms with van der Waals surface area (Å²) in [6, 6.07) is 11.6. The predicted octanol–water partition coefficient (Wildman–Crippen LogP) is 5.79. The van der Waals surface area contributed by atoms with Gasteiger partial charge in [-0.1, -0.05) is 37.9 Å². The van der Waals surface area contributed by atoms with E-state index in [9.17, 15) is 0 Å². The van der Waals surface area contributed by atoms with Crippen LogP contribution in [0.5, 0.6) is 11.5 Å². The van der Waals surface area contributed by atoms with Crippen molar-refractivity contribution in [2.45, 2.75) is 13.0 Å². The van der Waals surface area contributed by atoms with Gasteiger partial charge in [0.05, 0.1) is 4.47 Å². The molecule has 0 radical (unpaired) electrons. The van der Waals surface area contributed by atoms with Crippen LogP contribution >= 0.6 is 47.8 Å². The van der Waals surface area contributed by atoms with Crippen LogP contribution in [0.4, 0.5) is 0 Å². The van der Waals surface area contributed by atoms with Crippen molar-refractivity contribution in [3.05, 3.63) is 55.4 Å². The minimum atomic E-state index is -0.0113. The largest absolute Gasteiger partial charge is 0.456 e. The van der Waals surface area contributed by atoms with E-state index in [1.807, 2.05) is 43.3 Å². The van der Waals surface area contributed by atoms with Gasteiger partial charge in [-0.25, -0.2) is 0 Å². The third-order valence-corrected chi connectivity index (χ3v) is 4.38. The number of benzene rings is 2. The predicted molar refractivity (Wildman–Crippen MR) is 88.7 cm³/mol. The lowest BCUT2D eigenvalue weighted by molar-refractivity contribution is 0.479. The van der Waals surface area contributed by atoms with Crippen LogP contribution in [0.25, 0.3) is 0 Å². The van der Waals surface area contributed by atoms with Gasteiger partial charge in [-0.05, 0) is 58.7 Å². The fraction of sp³-hybridized carbons (Fsp3) is 0.143. The third kappa shape index (κ3) is 3.81. The second-order valence-electron chi connectivity index (χ2n) is 4.15. The number of halogens is 3. The third-order valence-electron chi connectivity index (χ3n) is 2.58. The van der Waals surface area contributed by atoms with E-state index >= 15 is 0 Å². The maximum Gasteiger partial charge on any atom is 0.141 e. The lowest BCUT2D eigenvalue weighted by atomic mass is 10.1. The first-order chi connectivity index (χ1) is 8.97. The molecule has 2 nitrogen and oxygen atoms in total. The Labute approximate surface area is 137 Å². The van der Waals surface area contributed by atoms with Gasteiger partial charge in [0.2, 0.25) is 0 Å². The molecule has 0 bridgehead atoms. The Kier molecular flexibility index (Phi) is 5.06. The van der Waals surface area contributed by atoms with Crippen molar-refractivity contribution >= 4 is 47.8 Å². The molecule has 100 valence electrons. The highest BCUT2D eigenvalue weighted by molar-refractivity contribution is 9.11. The summed E-state index contributed by atoms with van der Waals surface area (Å²) in [5.74, 6) is 1.53. The first-order valence-electron chi connectivity index (χ1n) is 5.65. The van der Waals surface area contributed by atoms with Crippen molar-refractivity contribution < 1.29 is 4.74 Å². The van der Waals surface area contributed by atoms with Crippen molar-refractivity contribution in [1.82, 2.24) is 0 Å². The SMILES string of the molecule is CC(N)c1ccc(Oc2ccc(Br)cc2Br)cc1Br. The molecule has 0 fully saturated rings. The zero-order chi connectivity index (χ0) is 14.0. The van der Waals surface area contributed by atoms with Gasteiger partial charge in [-0.3, -0.25) is 0 Å². The Morgan fingerprint density at radius 3 is 2.32 bits per heavy atom. The molecule has 0 aliphatic carbocycles. The molecule has 1 unspecified atom stereocenters. The summed E-state index contributed by atoms with van der Waals surface area (Å²) in [6.07, 6.45) is 0. The average Bonchev–Trinajstić information content (AvgIpc) is 2.32. The van der Waals surface area contributed by atoms with Gasteiger partial charge in [0.25, 0.3) is 0 Å². The number of hydrogen-bond donors (Lipinski definition) is 1. The average molecular weight is 450 g/mol. The molecule has 5 heteroatoms. The van der Waals surface area contributed by atoms with E-state index in [1.54, 1.807) is 0 Å². The van der Waals surface area contributed by atoms with E-state index in [1.165, 1.54) is 0 Å². The quantitative estimate of drug-likeness (QED) is 0.644. The molecule has 0 aliphatic rings. The van der Waals surface area contributed by atoms with Crippen LogP contribution in [0.3, 0.4) is 0 Å². The lowest BCUT2D eigenvalue weighted by Crippen LogP contribution is -2.05. The zero-order valence-electron chi connectivity index (χ0n) is 10.2. The van der Waals surface area contributed by atoms with Gasteiger partial charge < -0.3 is 10.5 Å². The maximum absolute atomic E-state index is 5.87. The normalized spacial score (nSPS) is 12.3. The second kappa shape index (κ2) is 6.39. The summed E-state index contributed by atoms with van der Waals surface area (Å²) in [5.41, 5.74) is 6.93. The summed E-state index contributed by atoms with van der Waals surface area (Å²) in [7, 11) is 0. The monoisotopic (exact) mass is 447 g/mol. The van der Waals surface area contributed by atoms with Crippen molar-refractivity contribution in [3.8, 4) is 11.5 Å². The Bertz CT molecular complexity index is 599. The van der Waals surface area contributed by atoms with Gasteiger partial charge in [-0.2, -0.15) is 0 Å². The van der Waals surface area contributed by atoms with Gasteiger partial charge in [0.15, 0.2) is 0 Å². The molecule has 2 aromatic carbocycles. The highest BCUT2D eigenvalue weighted by Crippen LogP contribution is 2.34. The van der Waals surface area contributed by atoms with Gasteiger partial charge in [0, 0.05) is 15.0 Å². The first kappa shape index (κ1) is 15.0. The number of rotatable bonds is 3. The standard InChI is InChI=1S/C14H12Br3NO/c1-8(18)11-4-3-10(7-12(11)16)19-14-5-2-9(15)6-13(14)17/h2-8H,18H2,1H3. The summed E-state index contributed by atoms with van der Waals surface area (Å²) in [5, 5.41) is 0. The molecule has 0 aromatic heterocycles. The summed E-state index contributed by atoms with van der Waals surface area (Å²) < 4.78 is 8.69. The Morgan fingerprint density at radius 2 is 1.74 bits per heavy atom. The molecule has 2 N–H and O–H groups in total. The highest BCUT2D eigenvalue weighted by Gasteiger charge is 2.08. The van der Waals surface area contributed by atoms with Crippen LogP contribution in [-0.2, 0) is 0 Å². The summed E-state index contributed by atoms with van der Waals surface area (Å²) in [6.45, 7) is 1.95. The number of ether oxygens (including phenoxy) is 1. The van der Waals surface area contributed by atoms with Crippen LogP contribution in [0, 0.1) is 0 Å². The van der Waals surface area contributed by atoms with E-state index in [0.717, 1.165) is 30.5 Å². The van der Waals surface area contributed by atoms with Crippen LogP contribution in [-0.4, -0.2) is 0 Å². The minimum absolute atomic E-state index is 0.0113. The molecule has 0 heterocycles. The van der Waals surface area contributed by atoms with Crippen molar-refractivity contribution in [1.29, 1.82) is 0 Å². The van der Waals surface area contributed by atoms with Crippen molar-refractivity contribution in [2.75, 3.05) is 0 Å². The molecule has 0 amide bonds. The highest BCUT2D eigenvalue weighted by atomic mass is 79.9. The van der Waals surface area contributed by atoms with E-state index in [-0.39, 0.29) is 6.04 Å².